The minimum atomic E-state index is 1.08. The largest absolute Gasteiger partial charge is 0.369 e. The lowest BCUT2D eigenvalue weighted by Crippen LogP contribution is -2.28. The number of rotatable bonds is 1. The van der Waals surface area contributed by atoms with E-state index < -0.39 is 0 Å². The third-order valence-electron chi connectivity index (χ3n) is 2.69. The topological polar surface area (TPSA) is 28.2 Å². The lowest BCUT2D eigenvalue weighted by molar-refractivity contribution is 0.724. The highest BCUT2D eigenvalue weighted by molar-refractivity contribution is 5.50. The first-order chi connectivity index (χ1) is 6.88. The van der Waals surface area contributed by atoms with Crippen LogP contribution >= 0.6 is 0 Å². The van der Waals surface area contributed by atoms with Crippen LogP contribution < -0.4 is 10.2 Å². The van der Waals surface area contributed by atoms with Gasteiger partial charge >= 0.3 is 0 Å². The number of aromatic nitrogens is 1. The van der Waals surface area contributed by atoms with Gasteiger partial charge < -0.3 is 10.2 Å². The quantitative estimate of drug-likeness (QED) is 0.722. The number of aryl methyl sites for hydroxylation is 1. The Labute approximate surface area is 85.1 Å². The highest BCUT2D eigenvalue weighted by Gasteiger charge is 2.10. The lowest BCUT2D eigenvalue weighted by Gasteiger charge is -2.23. The second-order valence-electron chi connectivity index (χ2n) is 3.75. The summed E-state index contributed by atoms with van der Waals surface area (Å²) in [5.41, 5.74) is 2.61. The Morgan fingerprint density at radius 2 is 2.29 bits per heavy atom. The fourth-order valence-electron chi connectivity index (χ4n) is 1.87. The summed E-state index contributed by atoms with van der Waals surface area (Å²) >= 11 is 0. The molecule has 0 amide bonds. The molecule has 1 aliphatic rings. The second-order valence-corrected chi connectivity index (χ2v) is 3.75. The predicted octanol–water partition coefficient (Wildman–Crippen LogP) is 1.19. The van der Waals surface area contributed by atoms with Crippen LogP contribution in [0.2, 0.25) is 0 Å². The molecule has 0 radical (unpaired) electrons. The maximum atomic E-state index is 4.19. The minimum Gasteiger partial charge on any atom is -0.369 e. The zero-order valence-corrected chi connectivity index (χ0v) is 8.66. The first-order valence-electron chi connectivity index (χ1n) is 5.24. The van der Waals surface area contributed by atoms with Gasteiger partial charge in [0.05, 0.1) is 11.9 Å². The molecule has 2 rings (SSSR count). The second kappa shape index (κ2) is 4.42. The van der Waals surface area contributed by atoms with Crippen LogP contribution in [0.5, 0.6) is 0 Å². The van der Waals surface area contributed by atoms with Crippen molar-refractivity contribution in [2.45, 2.75) is 13.3 Å². The summed E-state index contributed by atoms with van der Waals surface area (Å²) in [5, 5.41) is 3.40. The summed E-state index contributed by atoms with van der Waals surface area (Å²) in [4.78, 5) is 6.61. The van der Waals surface area contributed by atoms with Crippen LogP contribution in [0.15, 0.2) is 18.5 Å². The molecule has 1 N–H and O–H groups in total. The van der Waals surface area contributed by atoms with Crippen molar-refractivity contribution < 1.29 is 0 Å². The Balaban J connectivity index is 2.16. The summed E-state index contributed by atoms with van der Waals surface area (Å²) in [5.74, 6) is 0. The summed E-state index contributed by atoms with van der Waals surface area (Å²) in [6, 6.07) is 2.08. The SMILES string of the molecule is Cc1ccncc1N1CCCNCC1. The normalized spacial score (nSPS) is 17.9. The molecule has 1 aromatic rings. The Morgan fingerprint density at radius 3 is 3.14 bits per heavy atom. The van der Waals surface area contributed by atoms with Gasteiger partial charge in [-0.15, -0.1) is 0 Å². The highest BCUT2D eigenvalue weighted by Crippen LogP contribution is 2.18. The molecule has 0 aromatic carbocycles. The van der Waals surface area contributed by atoms with Gasteiger partial charge in [0.1, 0.15) is 0 Å². The number of hydrogen-bond donors (Lipinski definition) is 1. The Hall–Kier alpha value is -1.09. The molecule has 1 saturated heterocycles. The molecule has 2 heterocycles. The van der Waals surface area contributed by atoms with Crippen molar-refractivity contribution in [2.75, 3.05) is 31.1 Å². The van der Waals surface area contributed by atoms with Gasteiger partial charge in [0.25, 0.3) is 0 Å². The van der Waals surface area contributed by atoms with Gasteiger partial charge in [0.15, 0.2) is 0 Å². The average Bonchev–Trinajstić information content (AvgIpc) is 2.47. The van der Waals surface area contributed by atoms with Crippen molar-refractivity contribution >= 4 is 5.69 Å². The molecule has 0 aliphatic carbocycles. The van der Waals surface area contributed by atoms with E-state index in [0.717, 1.165) is 26.2 Å². The molecule has 3 heteroatoms. The fraction of sp³-hybridized carbons (Fsp3) is 0.545. The Kier molecular flexibility index (Phi) is 2.99. The van der Waals surface area contributed by atoms with E-state index in [4.69, 9.17) is 0 Å². The van der Waals surface area contributed by atoms with Gasteiger partial charge in [-0.3, -0.25) is 4.98 Å². The van der Waals surface area contributed by atoms with E-state index in [-0.39, 0.29) is 0 Å². The highest BCUT2D eigenvalue weighted by atomic mass is 15.2. The van der Waals surface area contributed by atoms with Gasteiger partial charge in [0.2, 0.25) is 0 Å². The van der Waals surface area contributed by atoms with Gasteiger partial charge in [-0.05, 0) is 31.5 Å². The Bertz CT molecular complexity index is 290. The lowest BCUT2D eigenvalue weighted by atomic mass is 10.2. The molecule has 0 atom stereocenters. The zero-order valence-electron chi connectivity index (χ0n) is 8.66. The third kappa shape index (κ3) is 2.04. The van der Waals surface area contributed by atoms with E-state index in [0.29, 0.717) is 0 Å². The molecule has 0 unspecified atom stereocenters. The first-order valence-corrected chi connectivity index (χ1v) is 5.24. The number of anilines is 1. The molecule has 1 aromatic heterocycles. The molecule has 14 heavy (non-hydrogen) atoms. The van der Waals surface area contributed by atoms with Crippen molar-refractivity contribution in [1.82, 2.24) is 10.3 Å². The molecular formula is C11H17N3. The number of pyridine rings is 1. The van der Waals surface area contributed by atoms with E-state index in [9.17, 15) is 0 Å². The molecular weight excluding hydrogens is 174 g/mol. The standard InChI is InChI=1S/C11H17N3/c1-10-3-5-13-9-11(10)14-7-2-4-12-6-8-14/h3,5,9,12H,2,4,6-8H2,1H3. The fourth-order valence-corrected chi connectivity index (χ4v) is 1.87. The molecule has 76 valence electrons. The Morgan fingerprint density at radius 1 is 1.36 bits per heavy atom. The third-order valence-corrected chi connectivity index (χ3v) is 2.69. The summed E-state index contributed by atoms with van der Waals surface area (Å²) in [7, 11) is 0. The van der Waals surface area contributed by atoms with Crippen molar-refractivity contribution in [3.8, 4) is 0 Å². The molecule has 0 saturated carbocycles. The molecule has 1 fully saturated rings. The van der Waals surface area contributed by atoms with Crippen LogP contribution in [0.25, 0.3) is 0 Å². The summed E-state index contributed by atoms with van der Waals surface area (Å²) in [6.07, 6.45) is 5.05. The van der Waals surface area contributed by atoms with E-state index >= 15 is 0 Å². The van der Waals surface area contributed by atoms with Gasteiger partial charge in [0, 0.05) is 25.8 Å². The van der Waals surface area contributed by atoms with Crippen LogP contribution in [0, 0.1) is 6.92 Å². The predicted molar refractivity (Wildman–Crippen MR) is 58.7 cm³/mol. The maximum Gasteiger partial charge on any atom is 0.0582 e. The zero-order chi connectivity index (χ0) is 9.80. The number of nitrogens with one attached hydrogen (secondary N) is 1. The van der Waals surface area contributed by atoms with Crippen molar-refractivity contribution in [2.24, 2.45) is 0 Å². The summed E-state index contributed by atoms with van der Waals surface area (Å²) in [6.45, 7) is 6.59. The molecule has 3 nitrogen and oxygen atoms in total. The van der Waals surface area contributed by atoms with Crippen LogP contribution in [0.3, 0.4) is 0 Å². The molecule has 1 aliphatic heterocycles. The van der Waals surface area contributed by atoms with Crippen molar-refractivity contribution in [3.63, 3.8) is 0 Å². The average molecular weight is 191 g/mol. The van der Waals surface area contributed by atoms with Crippen molar-refractivity contribution in [3.05, 3.63) is 24.0 Å². The van der Waals surface area contributed by atoms with Gasteiger partial charge in [-0.2, -0.15) is 0 Å². The number of nitrogens with zero attached hydrogens (tertiary/aromatic N) is 2. The van der Waals surface area contributed by atoms with E-state index in [1.165, 1.54) is 17.7 Å². The summed E-state index contributed by atoms with van der Waals surface area (Å²) < 4.78 is 0. The van der Waals surface area contributed by atoms with Gasteiger partial charge in [-0.1, -0.05) is 0 Å². The molecule has 0 bridgehead atoms. The van der Waals surface area contributed by atoms with Crippen LogP contribution in [0.1, 0.15) is 12.0 Å². The van der Waals surface area contributed by atoms with Gasteiger partial charge in [-0.25, -0.2) is 0 Å². The van der Waals surface area contributed by atoms with E-state index in [2.05, 4.69) is 28.2 Å². The smallest absolute Gasteiger partial charge is 0.0582 e. The van der Waals surface area contributed by atoms with Crippen LogP contribution in [-0.2, 0) is 0 Å². The van der Waals surface area contributed by atoms with E-state index in [1.807, 2.05) is 12.4 Å². The monoisotopic (exact) mass is 191 g/mol. The number of hydrogen-bond acceptors (Lipinski definition) is 3. The van der Waals surface area contributed by atoms with Crippen molar-refractivity contribution in [1.29, 1.82) is 0 Å². The first kappa shape index (κ1) is 9.46. The van der Waals surface area contributed by atoms with Crippen LogP contribution in [-0.4, -0.2) is 31.2 Å². The van der Waals surface area contributed by atoms with Crippen LogP contribution in [0.4, 0.5) is 5.69 Å². The van der Waals surface area contributed by atoms with E-state index in [1.54, 1.807) is 0 Å². The minimum absolute atomic E-state index is 1.08. The maximum absolute atomic E-state index is 4.19. The molecule has 0 spiro atoms.